The highest BCUT2D eigenvalue weighted by Gasteiger charge is 2.20. The highest BCUT2D eigenvalue weighted by atomic mass is 16.2. The lowest BCUT2D eigenvalue weighted by Crippen LogP contribution is -2.36. The lowest BCUT2D eigenvalue weighted by molar-refractivity contribution is -0.124. The maximum atomic E-state index is 11.9. The molecule has 0 aliphatic rings. The summed E-state index contributed by atoms with van der Waals surface area (Å²) in [6.07, 6.45) is 0.825. The van der Waals surface area contributed by atoms with Gasteiger partial charge in [0.15, 0.2) is 6.29 Å². The van der Waals surface area contributed by atoms with Gasteiger partial charge in [-0.05, 0) is 40.7 Å². The number of aldehydes is 1. The van der Waals surface area contributed by atoms with Gasteiger partial charge in [-0.3, -0.25) is 9.59 Å². The molecular weight excluding hydrogens is 216 g/mol. The Morgan fingerprint density at radius 3 is 2.35 bits per heavy atom. The second-order valence-corrected chi connectivity index (χ2v) is 4.65. The van der Waals surface area contributed by atoms with Crippen LogP contribution in [0.2, 0.25) is 0 Å². The van der Waals surface area contributed by atoms with Crippen LogP contribution in [-0.4, -0.2) is 22.8 Å². The van der Waals surface area contributed by atoms with E-state index in [0.717, 1.165) is 17.7 Å². The number of nitrogens with zero attached hydrogens (tertiary/aromatic N) is 1. The van der Waals surface area contributed by atoms with Gasteiger partial charge in [0, 0.05) is 23.0 Å². The van der Waals surface area contributed by atoms with Crippen LogP contribution < -0.4 is 5.32 Å². The molecule has 1 N–H and O–H groups in total. The van der Waals surface area contributed by atoms with Crippen LogP contribution in [0, 0.1) is 13.8 Å². The van der Waals surface area contributed by atoms with E-state index >= 15 is 0 Å². The molecule has 0 spiro atoms. The van der Waals surface area contributed by atoms with E-state index < -0.39 is 0 Å². The minimum Gasteiger partial charge on any atom is -0.352 e. The van der Waals surface area contributed by atoms with Gasteiger partial charge in [0.25, 0.3) is 0 Å². The molecule has 0 saturated carbocycles. The van der Waals surface area contributed by atoms with E-state index in [4.69, 9.17) is 0 Å². The number of aryl methyl sites for hydroxylation is 1. The van der Waals surface area contributed by atoms with Gasteiger partial charge in [-0.25, -0.2) is 0 Å². The van der Waals surface area contributed by atoms with E-state index in [1.54, 1.807) is 0 Å². The molecule has 0 bridgehead atoms. The maximum absolute atomic E-state index is 11.9. The second kappa shape index (κ2) is 5.17. The second-order valence-electron chi connectivity index (χ2n) is 4.65. The Morgan fingerprint density at radius 2 is 1.94 bits per heavy atom. The molecule has 94 valence electrons. The van der Waals surface area contributed by atoms with Crippen LogP contribution in [0.4, 0.5) is 0 Å². The predicted molar refractivity (Wildman–Crippen MR) is 67.3 cm³/mol. The van der Waals surface area contributed by atoms with Gasteiger partial charge in [-0.15, -0.1) is 0 Å². The Morgan fingerprint density at radius 1 is 1.35 bits per heavy atom. The van der Waals surface area contributed by atoms with Crippen molar-refractivity contribution in [3.05, 3.63) is 23.0 Å². The number of carbonyl (C=O) groups is 2. The molecule has 0 fully saturated rings. The largest absolute Gasteiger partial charge is 0.352 e. The molecule has 0 aliphatic heterocycles. The summed E-state index contributed by atoms with van der Waals surface area (Å²) in [5.41, 5.74) is 2.41. The molecule has 4 nitrogen and oxygen atoms in total. The van der Waals surface area contributed by atoms with Gasteiger partial charge in [-0.2, -0.15) is 0 Å². The number of nitrogens with one attached hydrogen (secondary N) is 1. The van der Waals surface area contributed by atoms with Gasteiger partial charge in [0.2, 0.25) is 5.91 Å². The Kier molecular flexibility index (Phi) is 4.10. The van der Waals surface area contributed by atoms with E-state index in [9.17, 15) is 9.59 Å². The van der Waals surface area contributed by atoms with Crippen LogP contribution in [0.15, 0.2) is 6.07 Å². The predicted octanol–water partition coefficient (Wildman–Crippen LogP) is 2.00. The van der Waals surface area contributed by atoms with Gasteiger partial charge in [-0.1, -0.05) is 0 Å². The molecule has 1 aromatic heterocycles. The first-order valence-electron chi connectivity index (χ1n) is 5.82. The maximum Gasteiger partial charge on any atom is 0.242 e. The van der Waals surface area contributed by atoms with Crippen molar-refractivity contribution in [3.63, 3.8) is 0 Å². The van der Waals surface area contributed by atoms with E-state index in [2.05, 4.69) is 5.32 Å². The van der Waals surface area contributed by atoms with Crippen LogP contribution in [0.25, 0.3) is 0 Å². The number of aromatic nitrogens is 1. The molecule has 0 radical (unpaired) electrons. The Hall–Kier alpha value is -1.58. The van der Waals surface area contributed by atoms with Crippen LogP contribution in [-0.2, 0) is 4.79 Å². The van der Waals surface area contributed by atoms with E-state index in [0.29, 0.717) is 5.56 Å². The van der Waals surface area contributed by atoms with Crippen molar-refractivity contribution in [2.75, 3.05) is 0 Å². The third kappa shape index (κ3) is 2.75. The van der Waals surface area contributed by atoms with Crippen molar-refractivity contribution in [2.24, 2.45) is 0 Å². The van der Waals surface area contributed by atoms with Crippen molar-refractivity contribution in [2.45, 2.75) is 46.7 Å². The van der Waals surface area contributed by atoms with Crippen LogP contribution in [0.3, 0.4) is 0 Å². The SMILES string of the molecule is Cc1cc(C=O)c(C)n1C(C)C(=O)NC(C)C. The summed E-state index contributed by atoms with van der Waals surface area (Å²) in [5, 5.41) is 2.87. The molecule has 17 heavy (non-hydrogen) atoms. The third-order valence-corrected chi connectivity index (χ3v) is 2.85. The lowest BCUT2D eigenvalue weighted by Gasteiger charge is -2.19. The van der Waals surface area contributed by atoms with E-state index in [1.807, 2.05) is 45.3 Å². The van der Waals surface area contributed by atoms with Crippen molar-refractivity contribution >= 4 is 12.2 Å². The van der Waals surface area contributed by atoms with Gasteiger partial charge in [0.1, 0.15) is 6.04 Å². The molecule has 0 aromatic carbocycles. The Balaban J connectivity index is 3.03. The highest BCUT2D eigenvalue weighted by molar-refractivity contribution is 5.82. The zero-order valence-electron chi connectivity index (χ0n) is 11.1. The summed E-state index contributed by atoms with van der Waals surface area (Å²) in [7, 11) is 0. The third-order valence-electron chi connectivity index (χ3n) is 2.85. The van der Waals surface area contributed by atoms with E-state index in [-0.39, 0.29) is 18.0 Å². The first-order valence-corrected chi connectivity index (χ1v) is 5.82. The summed E-state index contributed by atoms with van der Waals surface area (Å²) >= 11 is 0. The zero-order valence-corrected chi connectivity index (χ0v) is 11.1. The molecule has 1 heterocycles. The average molecular weight is 236 g/mol. The minimum atomic E-state index is -0.300. The fourth-order valence-electron chi connectivity index (χ4n) is 2.04. The summed E-state index contributed by atoms with van der Waals surface area (Å²) in [5.74, 6) is -0.0285. The monoisotopic (exact) mass is 236 g/mol. The molecule has 1 atom stereocenters. The standard InChI is InChI=1S/C13H20N2O2/c1-8(2)14-13(17)11(5)15-9(3)6-12(7-16)10(15)4/h6-8,11H,1-5H3,(H,14,17). The van der Waals surface area contributed by atoms with Crippen molar-refractivity contribution in [3.8, 4) is 0 Å². The molecule has 1 aromatic rings. The Bertz CT molecular complexity index is 433. The first kappa shape index (κ1) is 13.5. The fourth-order valence-corrected chi connectivity index (χ4v) is 2.04. The number of hydrogen-bond acceptors (Lipinski definition) is 2. The molecular formula is C13H20N2O2. The number of carbonyl (C=O) groups excluding carboxylic acids is 2. The zero-order chi connectivity index (χ0) is 13.2. The average Bonchev–Trinajstić information content (AvgIpc) is 2.51. The smallest absolute Gasteiger partial charge is 0.242 e. The number of amides is 1. The van der Waals surface area contributed by atoms with Crippen LogP contribution >= 0.6 is 0 Å². The number of hydrogen-bond donors (Lipinski definition) is 1. The summed E-state index contributed by atoms with van der Waals surface area (Å²) in [6.45, 7) is 9.45. The molecule has 1 amide bonds. The topological polar surface area (TPSA) is 51.1 Å². The number of rotatable bonds is 4. The lowest BCUT2D eigenvalue weighted by atomic mass is 10.2. The van der Waals surface area contributed by atoms with Crippen molar-refractivity contribution in [1.82, 2.24) is 9.88 Å². The highest BCUT2D eigenvalue weighted by Crippen LogP contribution is 2.19. The van der Waals surface area contributed by atoms with E-state index in [1.165, 1.54) is 0 Å². The van der Waals surface area contributed by atoms with Crippen molar-refractivity contribution < 1.29 is 9.59 Å². The van der Waals surface area contributed by atoms with Crippen LogP contribution in [0.5, 0.6) is 0 Å². The summed E-state index contributed by atoms with van der Waals surface area (Å²) in [4.78, 5) is 22.8. The molecule has 0 saturated heterocycles. The normalized spacial score (nSPS) is 12.6. The quantitative estimate of drug-likeness (QED) is 0.813. The molecule has 4 heteroatoms. The summed E-state index contributed by atoms with van der Waals surface area (Å²) in [6, 6.07) is 1.62. The van der Waals surface area contributed by atoms with Gasteiger partial charge < -0.3 is 9.88 Å². The Labute approximate surface area is 102 Å². The minimum absolute atomic E-state index is 0.0285. The molecule has 0 aliphatic carbocycles. The molecule has 1 unspecified atom stereocenters. The van der Waals surface area contributed by atoms with Crippen molar-refractivity contribution in [1.29, 1.82) is 0 Å². The van der Waals surface area contributed by atoms with Gasteiger partial charge in [0.05, 0.1) is 0 Å². The summed E-state index contributed by atoms with van der Waals surface area (Å²) < 4.78 is 1.89. The first-order chi connectivity index (χ1) is 7.88. The molecule has 1 rings (SSSR count). The van der Waals surface area contributed by atoms with Crippen LogP contribution in [0.1, 0.15) is 48.6 Å². The van der Waals surface area contributed by atoms with Gasteiger partial charge >= 0.3 is 0 Å². The fraction of sp³-hybridized carbons (Fsp3) is 0.538.